The van der Waals surface area contributed by atoms with Crippen molar-refractivity contribution in [3.05, 3.63) is 35.5 Å². The lowest BCUT2D eigenvalue weighted by atomic mass is 9.36. The third-order valence-electron chi connectivity index (χ3n) is 11.0. The molecule has 0 heterocycles. The number of carboxylic acids is 1. The monoisotopic (exact) mass is 422 g/mol. The van der Waals surface area contributed by atoms with Crippen LogP contribution in [0.2, 0.25) is 0 Å². The van der Waals surface area contributed by atoms with Crippen LogP contribution in [0.3, 0.4) is 0 Å². The zero-order valence-electron chi connectivity index (χ0n) is 19.9. The average molecular weight is 423 g/mol. The number of fused-ring (bicyclic) bond motifs is 7. The predicted molar refractivity (Wildman–Crippen MR) is 122 cm³/mol. The van der Waals surface area contributed by atoms with Crippen molar-refractivity contribution >= 4 is 11.8 Å². The van der Waals surface area contributed by atoms with Crippen molar-refractivity contribution in [2.45, 2.75) is 86.0 Å². The minimum Gasteiger partial charge on any atom is -0.481 e. The zero-order valence-corrected chi connectivity index (χ0v) is 19.9. The van der Waals surface area contributed by atoms with Gasteiger partial charge in [0, 0.05) is 5.41 Å². The van der Waals surface area contributed by atoms with E-state index in [0.717, 1.165) is 51.4 Å². The number of hydrogen-bond acceptors (Lipinski definition) is 2. The van der Waals surface area contributed by atoms with Gasteiger partial charge in [0.05, 0.1) is 5.41 Å². The van der Waals surface area contributed by atoms with Crippen LogP contribution in [0.1, 0.15) is 86.0 Å². The minimum absolute atomic E-state index is 0.0246. The molecule has 1 N–H and O–H groups in total. The fraction of sp³-hybridized carbons (Fsp3) is 0.714. The van der Waals surface area contributed by atoms with E-state index in [4.69, 9.17) is 0 Å². The Kier molecular flexibility index (Phi) is 4.27. The molecule has 0 spiro atoms. The second-order valence-corrected chi connectivity index (χ2v) is 12.8. The standard InChI is InChI=1S/C28H38O3/c1-24(2)12-14-28(23(30)31)15-13-26(4)20(21(28)17-24)6-7-22-25(3)10-9-19(29)16-18(25)8-11-27(22,26)5/h6,9-10,16,21-22H,7-8,11-15,17H2,1-5H3,(H,30,31)/t21-,22+,25-,26+,27+,28-/m0/s1. The third-order valence-corrected chi connectivity index (χ3v) is 11.0. The highest BCUT2D eigenvalue weighted by molar-refractivity contribution is 6.01. The molecular formula is C28H38O3. The zero-order chi connectivity index (χ0) is 22.4. The van der Waals surface area contributed by atoms with Crippen LogP contribution in [0, 0.1) is 38.9 Å². The molecule has 168 valence electrons. The normalized spacial score (nSPS) is 47.8. The van der Waals surface area contributed by atoms with E-state index in [1.165, 1.54) is 11.1 Å². The fourth-order valence-corrected chi connectivity index (χ4v) is 8.70. The molecule has 0 aromatic carbocycles. The topological polar surface area (TPSA) is 54.4 Å². The Bertz CT molecular complexity index is 951. The van der Waals surface area contributed by atoms with Crippen LogP contribution in [-0.4, -0.2) is 16.9 Å². The maximum absolute atomic E-state index is 12.7. The van der Waals surface area contributed by atoms with Crippen LogP contribution >= 0.6 is 0 Å². The molecule has 0 saturated heterocycles. The van der Waals surface area contributed by atoms with Crippen molar-refractivity contribution in [3.63, 3.8) is 0 Å². The van der Waals surface area contributed by atoms with E-state index in [-0.39, 0.29) is 33.4 Å². The Hall–Kier alpha value is -1.64. The molecule has 5 rings (SSSR count). The molecule has 3 fully saturated rings. The number of ketones is 1. The van der Waals surface area contributed by atoms with Gasteiger partial charge in [-0.1, -0.05) is 57.9 Å². The quantitative estimate of drug-likeness (QED) is 0.491. The summed E-state index contributed by atoms with van der Waals surface area (Å²) in [6.45, 7) is 11.9. The maximum atomic E-state index is 12.7. The Morgan fingerprint density at radius 2 is 1.74 bits per heavy atom. The van der Waals surface area contributed by atoms with Gasteiger partial charge in [-0.2, -0.15) is 0 Å². The van der Waals surface area contributed by atoms with Crippen LogP contribution in [0.25, 0.3) is 0 Å². The highest BCUT2D eigenvalue weighted by Gasteiger charge is 2.66. The summed E-state index contributed by atoms with van der Waals surface area (Å²) in [5.74, 6) is 0.158. The van der Waals surface area contributed by atoms with Crippen molar-refractivity contribution < 1.29 is 14.7 Å². The molecule has 0 unspecified atom stereocenters. The molecule has 3 heteroatoms. The van der Waals surface area contributed by atoms with Gasteiger partial charge in [-0.15, -0.1) is 0 Å². The van der Waals surface area contributed by atoms with Gasteiger partial charge in [0.15, 0.2) is 5.78 Å². The molecular weight excluding hydrogens is 384 g/mol. The number of allylic oxidation sites excluding steroid dienone is 6. The number of aliphatic carboxylic acids is 1. The number of rotatable bonds is 1. The summed E-state index contributed by atoms with van der Waals surface area (Å²) < 4.78 is 0. The summed E-state index contributed by atoms with van der Waals surface area (Å²) in [4.78, 5) is 24.7. The van der Waals surface area contributed by atoms with Gasteiger partial charge in [0.25, 0.3) is 0 Å². The highest BCUT2D eigenvalue weighted by Crippen LogP contribution is 2.73. The van der Waals surface area contributed by atoms with E-state index in [2.05, 4.69) is 46.8 Å². The molecule has 0 radical (unpaired) electrons. The van der Waals surface area contributed by atoms with E-state index in [0.29, 0.717) is 5.92 Å². The Morgan fingerprint density at radius 1 is 1.03 bits per heavy atom. The summed E-state index contributed by atoms with van der Waals surface area (Å²) in [5.41, 5.74) is 2.44. The lowest BCUT2D eigenvalue weighted by Gasteiger charge is -2.67. The highest BCUT2D eigenvalue weighted by atomic mass is 16.4. The largest absolute Gasteiger partial charge is 0.481 e. The number of carbonyl (C=O) groups is 2. The average Bonchev–Trinajstić information content (AvgIpc) is 2.69. The summed E-state index contributed by atoms with van der Waals surface area (Å²) in [6, 6.07) is 0. The van der Waals surface area contributed by atoms with Gasteiger partial charge < -0.3 is 5.11 Å². The van der Waals surface area contributed by atoms with Crippen molar-refractivity contribution in [2.24, 2.45) is 38.9 Å². The molecule has 0 aromatic heterocycles. The summed E-state index contributed by atoms with van der Waals surface area (Å²) in [5, 5.41) is 10.4. The van der Waals surface area contributed by atoms with Crippen molar-refractivity contribution in [3.8, 4) is 0 Å². The fourth-order valence-electron chi connectivity index (χ4n) is 8.70. The first-order chi connectivity index (χ1) is 14.4. The van der Waals surface area contributed by atoms with E-state index in [9.17, 15) is 14.7 Å². The van der Waals surface area contributed by atoms with Crippen LogP contribution in [0.4, 0.5) is 0 Å². The molecule has 0 amide bonds. The van der Waals surface area contributed by atoms with Gasteiger partial charge in [-0.05, 0) is 91.6 Å². The van der Waals surface area contributed by atoms with Crippen LogP contribution in [0.15, 0.2) is 35.5 Å². The van der Waals surface area contributed by atoms with Crippen molar-refractivity contribution in [1.29, 1.82) is 0 Å². The predicted octanol–water partition coefficient (Wildman–Crippen LogP) is 6.50. The van der Waals surface area contributed by atoms with Crippen LogP contribution < -0.4 is 0 Å². The van der Waals surface area contributed by atoms with Crippen molar-refractivity contribution in [1.82, 2.24) is 0 Å². The van der Waals surface area contributed by atoms with Gasteiger partial charge >= 0.3 is 5.97 Å². The molecule has 6 atom stereocenters. The molecule has 31 heavy (non-hydrogen) atoms. The molecule has 5 aliphatic carbocycles. The Balaban J connectivity index is 1.63. The smallest absolute Gasteiger partial charge is 0.310 e. The third kappa shape index (κ3) is 2.58. The first-order valence-electron chi connectivity index (χ1n) is 12.3. The van der Waals surface area contributed by atoms with E-state index >= 15 is 0 Å². The van der Waals surface area contributed by atoms with E-state index in [1.54, 1.807) is 6.08 Å². The van der Waals surface area contributed by atoms with Gasteiger partial charge in [0.2, 0.25) is 0 Å². The minimum atomic E-state index is -0.579. The molecule has 0 aromatic rings. The summed E-state index contributed by atoms with van der Waals surface area (Å²) >= 11 is 0. The second kappa shape index (κ2) is 6.23. The summed E-state index contributed by atoms with van der Waals surface area (Å²) in [7, 11) is 0. The van der Waals surface area contributed by atoms with Gasteiger partial charge in [-0.25, -0.2) is 0 Å². The van der Waals surface area contributed by atoms with Crippen LogP contribution in [0.5, 0.6) is 0 Å². The number of hydrogen-bond donors (Lipinski definition) is 1. The molecule has 3 nitrogen and oxygen atoms in total. The Morgan fingerprint density at radius 3 is 2.45 bits per heavy atom. The molecule has 0 bridgehead atoms. The summed E-state index contributed by atoms with van der Waals surface area (Å²) in [6.07, 6.45) is 15.9. The second-order valence-electron chi connectivity index (χ2n) is 12.8. The van der Waals surface area contributed by atoms with Crippen molar-refractivity contribution in [2.75, 3.05) is 0 Å². The van der Waals surface area contributed by atoms with Gasteiger partial charge in [-0.3, -0.25) is 9.59 Å². The van der Waals surface area contributed by atoms with Crippen LogP contribution in [-0.2, 0) is 9.59 Å². The SMILES string of the molecule is CC1(C)CC[C@]2(C(=O)O)CC[C@]3(C)C(=CC[C@@H]4[C@@]5(C)C=CC(=O)C=C5CC[C@]43C)[C@@H]2C1. The van der Waals surface area contributed by atoms with E-state index in [1.807, 2.05) is 6.08 Å². The lowest BCUT2D eigenvalue weighted by Crippen LogP contribution is -2.61. The van der Waals surface area contributed by atoms with Gasteiger partial charge in [0.1, 0.15) is 0 Å². The first-order valence-corrected chi connectivity index (χ1v) is 12.3. The molecule has 0 aliphatic heterocycles. The number of carboxylic acid groups (broad SMARTS) is 1. The maximum Gasteiger partial charge on any atom is 0.310 e. The Labute approximate surface area is 187 Å². The molecule has 3 saturated carbocycles. The lowest BCUT2D eigenvalue weighted by molar-refractivity contribution is -0.166. The first kappa shape index (κ1) is 21.2. The number of carbonyl (C=O) groups excluding carboxylic acids is 1. The molecule has 5 aliphatic rings. The van der Waals surface area contributed by atoms with E-state index < -0.39 is 11.4 Å².